The molecule has 1 atom stereocenters. The molecule has 0 aliphatic carbocycles. The fourth-order valence-electron chi connectivity index (χ4n) is 2.61. The molecule has 0 radical (unpaired) electrons. The van der Waals surface area contributed by atoms with Crippen molar-refractivity contribution < 1.29 is 8.42 Å². The van der Waals surface area contributed by atoms with E-state index in [2.05, 4.69) is 25.7 Å². The van der Waals surface area contributed by atoms with E-state index in [9.17, 15) is 8.42 Å². The fourth-order valence-corrected chi connectivity index (χ4v) is 4.58. The summed E-state index contributed by atoms with van der Waals surface area (Å²) in [5.74, 6) is 0. The zero-order valence-electron chi connectivity index (χ0n) is 12.2. The summed E-state index contributed by atoms with van der Waals surface area (Å²) < 4.78 is 36.0. The van der Waals surface area contributed by atoms with Crippen molar-refractivity contribution in [2.75, 3.05) is 19.6 Å². The van der Waals surface area contributed by atoms with Crippen molar-refractivity contribution in [2.45, 2.75) is 24.7 Å². The number of piperidine rings is 1. The minimum absolute atomic E-state index is 0. The molecule has 3 rings (SSSR count). The summed E-state index contributed by atoms with van der Waals surface area (Å²) in [5, 5.41) is 3.32. The standard InChI is InChI=1S/C13H18N4O2S2.ClH/c1-13(6-3-7-14-8-13)9-15-21(18,19)11-5-2-4-10-12(11)17-20-16-10;/h2,4-5,14-15H,3,6-9H2,1H3;1H. The highest BCUT2D eigenvalue weighted by molar-refractivity contribution is 7.89. The maximum Gasteiger partial charge on any atom is 0.242 e. The molecule has 122 valence electrons. The molecule has 6 nitrogen and oxygen atoms in total. The van der Waals surface area contributed by atoms with Crippen molar-refractivity contribution in [2.24, 2.45) is 5.41 Å². The number of sulfonamides is 1. The molecule has 1 aromatic carbocycles. The largest absolute Gasteiger partial charge is 0.316 e. The van der Waals surface area contributed by atoms with E-state index in [1.54, 1.807) is 18.2 Å². The molecule has 1 fully saturated rings. The average molecular weight is 363 g/mol. The number of aromatic nitrogens is 2. The number of halogens is 1. The molecule has 1 aliphatic rings. The molecule has 0 saturated carbocycles. The van der Waals surface area contributed by atoms with Crippen molar-refractivity contribution in [3.8, 4) is 0 Å². The van der Waals surface area contributed by atoms with Gasteiger partial charge in [-0.3, -0.25) is 0 Å². The van der Waals surface area contributed by atoms with Crippen LogP contribution in [0.15, 0.2) is 23.1 Å². The number of rotatable bonds is 4. The first-order chi connectivity index (χ1) is 10.0. The molecule has 1 aromatic heterocycles. The minimum atomic E-state index is -3.57. The van der Waals surface area contributed by atoms with Crippen molar-refractivity contribution >= 4 is 45.2 Å². The van der Waals surface area contributed by atoms with Gasteiger partial charge in [0.1, 0.15) is 15.9 Å². The van der Waals surface area contributed by atoms with Crippen LogP contribution >= 0.6 is 24.1 Å². The first-order valence-corrected chi connectivity index (χ1v) is 9.13. The summed E-state index contributed by atoms with van der Waals surface area (Å²) in [7, 11) is -3.57. The molecule has 1 saturated heterocycles. The summed E-state index contributed by atoms with van der Waals surface area (Å²) in [4.78, 5) is 0.209. The lowest BCUT2D eigenvalue weighted by Crippen LogP contribution is -2.45. The fraction of sp³-hybridized carbons (Fsp3) is 0.538. The average Bonchev–Trinajstić information content (AvgIpc) is 2.94. The van der Waals surface area contributed by atoms with E-state index in [0.29, 0.717) is 17.6 Å². The van der Waals surface area contributed by atoms with Crippen LogP contribution in [0.25, 0.3) is 11.0 Å². The third-order valence-electron chi connectivity index (χ3n) is 3.91. The SMILES string of the molecule is CC1(CNS(=O)(=O)c2cccc3nsnc23)CCCNC1.Cl. The van der Waals surface area contributed by atoms with Crippen LogP contribution in [0.3, 0.4) is 0 Å². The second-order valence-corrected chi connectivity index (χ2v) is 8.07. The van der Waals surface area contributed by atoms with Gasteiger partial charge in [-0.05, 0) is 36.9 Å². The normalized spacial score (nSPS) is 22.4. The van der Waals surface area contributed by atoms with Gasteiger partial charge in [-0.15, -0.1) is 12.4 Å². The highest BCUT2D eigenvalue weighted by atomic mass is 35.5. The lowest BCUT2D eigenvalue weighted by molar-refractivity contribution is 0.238. The summed E-state index contributed by atoms with van der Waals surface area (Å²) in [6.07, 6.45) is 2.09. The van der Waals surface area contributed by atoms with Crippen LogP contribution in [0.1, 0.15) is 19.8 Å². The third-order valence-corrected chi connectivity index (χ3v) is 5.89. The van der Waals surface area contributed by atoms with Crippen LogP contribution < -0.4 is 10.0 Å². The van der Waals surface area contributed by atoms with Gasteiger partial charge in [0.2, 0.25) is 10.0 Å². The highest BCUT2D eigenvalue weighted by Crippen LogP contribution is 2.26. The molecular weight excluding hydrogens is 344 g/mol. The van der Waals surface area contributed by atoms with E-state index in [1.165, 1.54) is 0 Å². The topological polar surface area (TPSA) is 84.0 Å². The van der Waals surface area contributed by atoms with Gasteiger partial charge >= 0.3 is 0 Å². The summed E-state index contributed by atoms with van der Waals surface area (Å²) >= 11 is 1.03. The van der Waals surface area contributed by atoms with Gasteiger partial charge in [-0.25, -0.2) is 13.1 Å². The highest BCUT2D eigenvalue weighted by Gasteiger charge is 2.29. The second-order valence-electron chi connectivity index (χ2n) is 5.80. The van der Waals surface area contributed by atoms with Crippen molar-refractivity contribution in [3.63, 3.8) is 0 Å². The Hall–Kier alpha value is -0.800. The zero-order chi connectivity index (χ0) is 14.9. The van der Waals surface area contributed by atoms with Crippen LogP contribution in [0.2, 0.25) is 0 Å². The van der Waals surface area contributed by atoms with E-state index >= 15 is 0 Å². The van der Waals surface area contributed by atoms with Gasteiger partial charge in [-0.1, -0.05) is 13.0 Å². The number of nitrogens with zero attached hydrogens (tertiary/aromatic N) is 2. The van der Waals surface area contributed by atoms with Gasteiger partial charge in [0, 0.05) is 13.1 Å². The smallest absolute Gasteiger partial charge is 0.242 e. The van der Waals surface area contributed by atoms with Gasteiger partial charge < -0.3 is 5.32 Å². The van der Waals surface area contributed by atoms with Gasteiger partial charge in [-0.2, -0.15) is 8.75 Å². The molecule has 0 amide bonds. The van der Waals surface area contributed by atoms with E-state index in [4.69, 9.17) is 0 Å². The van der Waals surface area contributed by atoms with Crippen molar-refractivity contribution in [1.82, 2.24) is 18.8 Å². The van der Waals surface area contributed by atoms with Gasteiger partial charge in [0.25, 0.3) is 0 Å². The quantitative estimate of drug-likeness (QED) is 0.866. The summed E-state index contributed by atoms with van der Waals surface area (Å²) in [6, 6.07) is 5.04. The predicted octanol–water partition coefficient (Wildman–Crippen LogP) is 1.78. The molecule has 9 heteroatoms. The van der Waals surface area contributed by atoms with E-state index < -0.39 is 10.0 Å². The van der Waals surface area contributed by atoms with E-state index in [1.807, 2.05) is 0 Å². The Morgan fingerprint density at radius 3 is 2.95 bits per heavy atom. The molecule has 0 spiro atoms. The first-order valence-electron chi connectivity index (χ1n) is 6.92. The van der Waals surface area contributed by atoms with Crippen LogP contribution in [0.5, 0.6) is 0 Å². The maximum absolute atomic E-state index is 12.5. The molecular formula is C13H19ClN4O2S2. The molecule has 2 N–H and O–H groups in total. The number of hydrogen-bond donors (Lipinski definition) is 2. The number of benzene rings is 1. The van der Waals surface area contributed by atoms with Crippen molar-refractivity contribution in [3.05, 3.63) is 18.2 Å². The van der Waals surface area contributed by atoms with Crippen LogP contribution in [-0.2, 0) is 10.0 Å². The van der Waals surface area contributed by atoms with Crippen LogP contribution in [0, 0.1) is 5.41 Å². The Morgan fingerprint density at radius 1 is 1.41 bits per heavy atom. The Balaban J connectivity index is 0.00000176. The maximum atomic E-state index is 12.5. The monoisotopic (exact) mass is 362 g/mol. The Morgan fingerprint density at radius 2 is 2.23 bits per heavy atom. The Kier molecular flexibility index (Phi) is 5.39. The zero-order valence-corrected chi connectivity index (χ0v) is 14.7. The first kappa shape index (κ1) is 17.6. The molecule has 22 heavy (non-hydrogen) atoms. The third kappa shape index (κ3) is 3.57. The molecule has 1 unspecified atom stereocenters. The number of hydrogen-bond acceptors (Lipinski definition) is 6. The van der Waals surface area contributed by atoms with E-state index in [-0.39, 0.29) is 22.7 Å². The summed E-state index contributed by atoms with van der Waals surface area (Å²) in [6.45, 7) is 4.37. The second kappa shape index (κ2) is 6.76. The number of fused-ring (bicyclic) bond motifs is 1. The van der Waals surface area contributed by atoms with Crippen LogP contribution in [-0.4, -0.2) is 36.8 Å². The molecule has 2 heterocycles. The molecule has 0 bridgehead atoms. The Labute approximate surface area is 140 Å². The van der Waals surface area contributed by atoms with E-state index in [0.717, 1.165) is 37.7 Å². The van der Waals surface area contributed by atoms with Crippen molar-refractivity contribution in [1.29, 1.82) is 0 Å². The molecule has 2 aromatic rings. The lowest BCUT2D eigenvalue weighted by Gasteiger charge is -2.34. The predicted molar refractivity (Wildman–Crippen MR) is 90.1 cm³/mol. The molecule has 1 aliphatic heterocycles. The number of nitrogens with one attached hydrogen (secondary N) is 2. The summed E-state index contributed by atoms with van der Waals surface area (Å²) in [5.41, 5.74) is 1.02. The van der Waals surface area contributed by atoms with Gasteiger partial charge in [0.05, 0.1) is 11.7 Å². The van der Waals surface area contributed by atoms with Gasteiger partial charge in [0.15, 0.2) is 0 Å². The lowest BCUT2D eigenvalue weighted by atomic mass is 9.83. The van der Waals surface area contributed by atoms with Crippen LogP contribution in [0.4, 0.5) is 0 Å². The minimum Gasteiger partial charge on any atom is -0.316 e. The Bertz CT molecular complexity index is 741.